The SMILES string of the molecule is ClCc1ccc(N2CCn3ccnc3C2)nn1. The molecule has 6 heteroatoms. The van der Waals surface area contributed by atoms with Crippen molar-refractivity contribution in [3.05, 3.63) is 36.0 Å². The molecule has 0 unspecified atom stereocenters. The Morgan fingerprint density at radius 1 is 1.24 bits per heavy atom. The molecule has 1 aliphatic heterocycles. The fraction of sp³-hybridized carbons (Fsp3) is 0.364. The zero-order valence-electron chi connectivity index (χ0n) is 9.25. The zero-order chi connectivity index (χ0) is 11.7. The normalized spacial score (nSPS) is 14.8. The average molecular weight is 250 g/mol. The minimum Gasteiger partial charge on any atom is -0.346 e. The first-order valence-corrected chi connectivity index (χ1v) is 6.04. The Hall–Kier alpha value is -1.62. The minimum absolute atomic E-state index is 0.400. The molecule has 1 aliphatic rings. The predicted octanol–water partition coefficient (Wildman–Crippen LogP) is 1.43. The van der Waals surface area contributed by atoms with Gasteiger partial charge < -0.3 is 9.47 Å². The molecule has 3 heterocycles. The number of imidazole rings is 1. The first-order chi connectivity index (χ1) is 8.36. The highest BCUT2D eigenvalue weighted by Crippen LogP contribution is 2.17. The van der Waals surface area contributed by atoms with E-state index in [1.54, 1.807) is 0 Å². The van der Waals surface area contributed by atoms with Crippen LogP contribution in [-0.4, -0.2) is 26.3 Å². The second-order valence-electron chi connectivity index (χ2n) is 3.97. The summed E-state index contributed by atoms with van der Waals surface area (Å²) in [7, 11) is 0. The largest absolute Gasteiger partial charge is 0.346 e. The van der Waals surface area contributed by atoms with Gasteiger partial charge in [-0.1, -0.05) is 0 Å². The Kier molecular flexibility index (Phi) is 2.68. The monoisotopic (exact) mass is 249 g/mol. The maximum absolute atomic E-state index is 5.69. The number of rotatable bonds is 2. The average Bonchev–Trinajstić information content (AvgIpc) is 2.86. The molecule has 88 valence electrons. The Labute approximate surface area is 104 Å². The van der Waals surface area contributed by atoms with Crippen LogP contribution in [0.4, 0.5) is 5.82 Å². The lowest BCUT2D eigenvalue weighted by atomic mass is 10.3. The van der Waals surface area contributed by atoms with Gasteiger partial charge in [-0.2, -0.15) is 5.10 Å². The standard InChI is InChI=1S/C11H12ClN5/c12-7-9-1-2-10(15-14-9)17-6-5-16-4-3-13-11(16)8-17/h1-4H,5-8H2. The smallest absolute Gasteiger partial charge is 0.151 e. The second kappa shape index (κ2) is 4.33. The summed E-state index contributed by atoms with van der Waals surface area (Å²) < 4.78 is 2.16. The highest BCUT2D eigenvalue weighted by Gasteiger charge is 2.17. The summed E-state index contributed by atoms with van der Waals surface area (Å²) in [4.78, 5) is 6.49. The third-order valence-electron chi connectivity index (χ3n) is 2.91. The van der Waals surface area contributed by atoms with Crippen molar-refractivity contribution in [2.24, 2.45) is 0 Å². The van der Waals surface area contributed by atoms with E-state index in [0.717, 1.165) is 37.0 Å². The molecule has 0 bridgehead atoms. The molecule has 0 spiro atoms. The summed E-state index contributed by atoms with van der Waals surface area (Å²) in [5, 5.41) is 8.25. The number of hydrogen-bond donors (Lipinski definition) is 0. The topological polar surface area (TPSA) is 46.8 Å². The Morgan fingerprint density at radius 3 is 2.94 bits per heavy atom. The number of hydrogen-bond acceptors (Lipinski definition) is 4. The van der Waals surface area contributed by atoms with Crippen LogP contribution in [0, 0.1) is 0 Å². The van der Waals surface area contributed by atoms with Gasteiger partial charge >= 0.3 is 0 Å². The number of fused-ring (bicyclic) bond motifs is 1. The minimum atomic E-state index is 0.400. The van der Waals surface area contributed by atoms with Crippen molar-refractivity contribution in [2.75, 3.05) is 11.4 Å². The fourth-order valence-electron chi connectivity index (χ4n) is 1.96. The van der Waals surface area contributed by atoms with Crippen molar-refractivity contribution in [2.45, 2.75) is 19.0 Å². The molecule has 0 aliphatic carbocycles. The van der Waals surface area contributed by atoms with Crippen molar-refractivity contribution < 1.29 is 0 Å². The van der Waals surface area contributed by atoms with Crippen LogP contribution < -0.4 is 4.90 Å². The van der Waals surface area contributed by atoms with Gasteiger partial charge in [-0.25, -0.2) is 4.98 Å². The molecule has 0 radical (unpaired) electrons. The lowest BCUT2D eigenvalue weighted by Crippen LogP contribution is -2.34. The van der Waals surface area contributed by atoms with Crippen LogP contribution >= 0.6 is 11.6 Å². The van der Waals surface area contributed by atoms with Gasteiger partial charge in [-0.3, -0.25) is 0 Å². The van der Waals surface area contributed by atoms with E-state index in [1.807, 2.05) is 24.5 Å². The first-order valence-electron chi connectivity index (χ1n) is 5.50. The van der Waals surface area contributed by atoms with Crippen LogP contribution in [0.15, 0.2) is 24.5 Å². The molecule has 0 fully saturated rings. The summed E-state index contributed by atoms with van der Waals surface area (Å²) in [6.45, 7) is 2.65. The first kappa shape index (κ1) is 10.5. The molecule has 17 heavy (non-hydrogen) atoms. The van der Waals surface area contributed by atoms with Crippen molar-refractivity contribution in [3.63, 3.8) is 0 Å². The molecule has 0 saturated heterocycles. The van der Waals surface area contributed by atoms with E-state index < -0.39 is 0 Å². The van der Waals surface area contributed by atoms with Crippen LogP contribution in [0.1, 0.15) is 11.5 Å². The quantitative estimate of drug-likeness (QED) is 0.756. The molecule has 2 aromatic rings. The Bertz CT molecular complexity index is 507. The number of nitrogens with zero attached hydrogens (tertiary/aromatic N) is 5. The lowest BCUT2D eigenvalue weighted by Gasteiger charge is -2.28. The number of alkyl halides is 1. The summed E-state index contributed by atoms with van der Waals surface area (Å²) >= 11 is 5.69. The zero-order valence-corrected chi connectivity index (χ0v) is 10.0. The van der Waals surface area contributed by atoms with Gasteiger partial charge in [0.15, 0.2) is 5.82 Å². The van der Waals surface area contributed by atoms with Crippen LogP contribution in [0.5, 0.6) is 0 Å². The summed E-state index contributed by atoms with van der Waals surface area (Å²) in [5.41, 5.74) is 0.800. The molecule has 0 aromatic carbocycles. The van der Waals surface area contributed by atoms with E-state index in [4.69, 9.17) is 11.6 Å². The molecule has 5 nitrogen and oxygen atoms in total. The highest BCUT2D eigenvalue weighted by atomic mass is 35.5. The number of halogens is 1. The summed E-state index contributed by atoms with van der Waals surface area (Å²) in [6, 6.07) is 3.87. The van der Waals surface area contributed by atoms with E-state index in [-0.39, 0.29) is 0 Å². The van der Waals surface area contributed by atoms with Gasteiger partial charge in [0.2, 0.25) is 0 Å². The van der Waals surface area contributed by atoms with Gasteiger partial charge in [-0.15, -0.1) is 16.7 Å². The maximum atomic E-state index is 5.69. The number of anilines is 1. The van der Waals surface area contributed by atoms with Crippen molar-refractivity contribution in [1.29, 1.82) is 0 Å². The van der Waals surface area contributed by atoms with Gasteiger partial charge in [0, 0.05) is 25.5 Å². The van der Waals surface area contributed by atoms with Crippen LogP contribution in [0.2, 0.25) is 0 Å². The highest BCUT2D eigenvalue weighted by molar-refractivity contribution is 6.16. The molecule has 3 rings (SSSR count). The van der Waals surface area contributed by atoms with Gasteiger partial charge in [-0.05, 0) is 12.1 Å². The predicted molar refractivity (Wildman–Crippen MR) is 64.9 cm³/mol. The molecular formula is C11H12ClN5. The van der Waals surface area contributed by atoms with Crippen molar-refractivity contribution in [3.8, 4) is 0 Å². The van der Waals surface area contributed by atoms with Crippen LogP contribution in [0.3, 0.4) is 0 Å². The fourth-order valence-corrected chi connectivity index (χ4v) is 2.10. The van der Waals surface area contributed by atoms with Crippen molar-refractivity contribution >= 4 is 17.4 Å². The summed E-state index contributed by atoms with van der Waals surface area (Å²) in [6.07, 6.45) is 3.84. The van der Waals surface area contributed by atoms with E-state index in [1.165, 1.54) is 0 Å². The third-order valence-corrected chi connectivity index (χ3v) is 3.19. The molecule has 0 atom stereocenters. The number of aromatic nitrogens is 4. The van der Waals surface area contributed by atoms with Gasteiger partial charge in [0.05, 0.1) is 18.1 Å². The van der Waals surface area contributed by atoms with E-state index in [2.05, 4.69) is 24.6 Å². The molecule has 0 N–H and O–H groups in total. The molecule has 0 amide bonds. The van der Waals surface area contributed by atoms with E-state index >= 15 is 0 Å². The van der Waals surface area contributed by atoms with Crippen LogP contribution in [-0.2, 0) is 19.0 Å². The van der Waals surface area contributed by atoms with Gasteiger partial charge in [0.25, 0.3) is 0 Å². The lowest BCUT2D eigenvalue weighted by molar-refractivity contribution is 0.554. The molecule has 0 saturated carbocycles. The van der Waals surface area contributed by atoms with E-state index in [0.29, 0.717) is 5.88 Å². The van der Waals surface area contributed by atoms with Crippen LogP contribution in [0.25, 0.3) is 0 Å². The molecule has 2 aromatic heterocycles. The Morgan fingerprint density at radius 2 is 2.18 bits per heavy atom. The second-order valence-corrected chi connectivity index (χ2v) is 4.24. The molecular weight excluding hydrogens is 238 g/mol. The van der Waals surface area contributed by atoms with Gasteiger partial charge in [0.1, 0.15) is 5.82 Å². The van der Waals surface area contributed by atoms with E-state index in [9.17, 15) is 0 Å². The third kappa shape index (κ3) is 1.98. The summed E-state index contributed by atoms with van der Waals surface area (Å²) in [5.74, 6) is 2.35. The Balaban J connectivity index is 1.81. The maximum Gasteiger partial charge on any atom is 0.151 e. The van der Waals surface area contributed by atoms with Crippen molar-refractivity contribution in [1.82, 2.24) is 19.7 Å².